The average Bonchev–Trinajstić information content (AvgIpc) is 2.14. The van der Waals surface area contributed by atoms with E-state index in [0.29, 0.717) is 5.91 Å². The maximum atomic E-state index is 12.2. The Bertz CT molecular complexity index is 205. The normalized spacial score (nSPS) is 13.6. The van der Waals surface area contributed by atoms with Crippen LogP contribution in [0.1, 0.15) is 60.8 Å². The van der Waals surface area contributed by atoms with Gasteiger partial charge in [0.2, 0.25) is 5.91 Å². The molecule has 0 aliphatic heterocycles. The van der Waals surface area contributed by atoms with Gasteiger partial charge in [0.05, 0.1) is 0 Å². The maximum Gasteiger partial charge on any atom is 0.225 e. The third kappa shape index (κ3) is 6.14. The van der Waals surface area contributed by atoms with Crippen molar-refractivity contribution in [2.75, 3.05) is 13.1 Å². The fourth-order valence-electron chi connectivity index (χ4n) is 1.98. The highest BCUT2D eigenvalue weighted by Gasteiger charge is 2.23. The van der Waals surface area contributed by atoms with Crippen LogP contribution in [0.2, 0.25) is 0 Å². The van der Waals surface area contributed by atoms with Gasteiger partial charge in [0.1, 0.15) is 0 Å². The van der Waals surface area contributed by atoms with E-state index < -0.39 is 0 Å². The molecule has 0 aromatic rings. The summed E-state index contributed by atoms with van der Waals surface area (Å²) in [6.07, 6.45) is 3.13. The summed E-state index contributed by atoms with van der Waals surface area (Å²) in [6.45, 7) is 14.6. The molecule has 0 heterocycles. The van der Waals surface area contributed by atoms with Crippen LogP contribution in [0.4, 0.5) is 0 Å². The molecule has 0 bridgehead atoms. The fraction of sp³-hybridized carbons (Fsp3) is 0.929. The second kappa shape index (κ2) is 6.93. The minimum Gasteiger partial charge on any atom is -0.342 e. The van der Waals surface area contributed by atoms with Gasteiger partial charge in [0.15, 0.2) is 0 Å². The van der Waals surface area contributed by atoms with Crippen molar-refractivity contribution in [2.24, 2.45) is 11.3 Å². The van der Waals surface area contributed by atoms with Gasteiger partial charge in [-0.05, 0) is 18.3 Å². The number of nitrogens with zero attached hydrogens (tertiary/aromatic N) is 1. The predicted molar refractivity (Wildman–Crippen MR) is 70.4 cm³/mol. The standard InChI is InChI=1S/C14H29NO/c1-7-9-12(3)13(16)15(10-8-2)11-14(4,5)6/h12H,7-11H2,1-6H3. The van der Waals surface area contributed by atoms with E-state index >= 15 is 0 Å². The van der Waals surface area contributed by atoms with E-state index in [1.807, 2.05) is 4.90 Å². The van der Waals surface area contributed by atoms with E-state index in [0.717, 1.165) is 32.4 Å². The van der Waals surface area contributed by atoms with Crippen LogP contribution < -0.4 is 0 Å². The van der Waals surface area contributed by atoms with Gasteiger partial charge in [0, 0.05) is 19.0 Å². The summed E-state index contributed by atoms with van der Waals surface area (Å²) in [5.41, 5.74) is 0.191. The molecule has 1 amide bonds. The van der Waals surface area contributed by atoms with Crippen molar-refractivity contribution in [3.05, 3.63) is 0 Å². The van der Waals surface area contributed by atoms with Crippen molar-refractivity contribution in [1.82, 2.24) is 4.90 Å². The zero-order valence-electron chi connectivity index (χ0n) is 12.0. The molecule has 1 unspecified atom stereocenters. The summed E-state index contributed by atoms with van der Waals surface area (Å²) < 4.78 is 0. The SMILES string of the molecule is CCCC(C)C(=O)N(CCC)CC(C)(C)C. The number of hydrogen-bond acceptors (Lipinski definition) is 1. The van der Waals surface area contributed by atoms with Crippen LogP contribution in [0.25, 0.3) is 0 Å². The van der Waals surface area contributed by atoms with Crippen LogP contribution in [0, 0.1) is 11.3 Å². The van der Waals surface area contributed by atoms with Crippen molar-refractivity contribution in [1.29, 1.82) is 0 Å². The molecule has 2 nitrogen and oxygen atoms in total. The van der Waals surface area contributed by atoms with E-state index in [1.165, 1.54) is 0 Å². The van der Waals surface area contributed by atoms with Crippen LogP contribution in [-0.4, -0.2) is 23.9 Å². The molecule has 0 aliphatic rings. The molecule has 0 saturated heterocycles. The third-order valence-corrected chi connectivity index (χ3v) is 2.61. The van der Waals surface area contributed by atoms with E-state index in [9.17, 15) is 4.79 Å². The van der Waals surface area contributed by atoms with E-state index in [-0.39, 0.29) is 11.3 Å². The smallest absolute Gasteiger partial charge is 0.225 e. The van der Waals surface area contributed by atoms with Crippen molar-refractivity contribution >= 4 is 5.91 Å². The minimum absolute atomic E-state index is 0.180. The molecule has 0 rings (SSSR count). The lowest BCUT2D eigenvalue weighted by atomic mass is 9.94. The Morgan fingerprint density at radius 2 is 1.75 bits per heavy atom. The number of amides is 1. The highest BCUT2D eigenvalue weighted by Crippen LogP contribution is 2.18. The predicted octanol–water partition coefficient (Wildman–Crippen LogP) is 3.71. The lowest BCUT2D eigenvalue weighted by Crippen LogP contribution is -2.41. The molecule has 16 heavy (non-hydrogen) atoms. The Balaban J connectivity index is 4.46. The Hall–Kier alpha value is -0.530. The first kappa shape index (κ1) is 15.5. The monoisotopic (exact) mass is 227 g/mol. The van der Waals surface area contributed by atoms with Crippen molar-refractivity contribution < 1.29 is 4.79 Å². The fourth-order valence-corrected chi connectivity index (χ4v) is 1.98. The van der Waals surface area contributed by atoms with Gasteiger partial charge < -0.3 is 4.90 Å². The molecule has 1 atom stereocenters. The highest BCUT2D eigenvalue weighted by molar-refractivity contribution is 5.78. The molecule has 0 fully saturated rings. The largest absolute Gasteiger partial charge is 0.342 e. The van der Waals surface area contributed by atoms with Gasteiger partial charge in [-0.1, -0.05) is 48.0 Å². The molecule has 0 radical (unpaired) electrons. The van der Waals surface area contributed by atoms with Gasteiger partial charge in [-0.3, -0.25) is 4.79 Å². The van der Waals surface area contributed by atoms with E-state index in [4.69, 9.17) is 0 Å². The maximum absolute atomic E-state index is 12.2. The van der Waals surface area contributed by atoms with Crippen LogP contribution in [0.15, 0.2) is 0 Å². The molecule has 0 N–H and O–H groups in total. The lowest BCUT2D eigenvalue weighted by Gasteiger charge is -2.31. The molecule has 0 saturated carbocycles. The average molecular weight is 227 g/mol. The summed E-state index contributed by atoms with van der Waals surface area (Å²) >= 11 is 0. The first-order valence-electron chi connectivity index (χ1n) is 6.60. The van der Waals surface area contributed by atoms with Gasteiger partial charge in [-0.2, -0.15) is 0 Å². The minimum atomic E-state index is 0.180. The van der Waals surface area contributed by atoms with Crippen LogP contribution in [-0.2, 0) is 4.79 Å². The van der Waals surface area contributed by atoms with Gasteiger partial charge in [-0.25, -0.2) is 0 Å². The van der Waals surface area contributed by atoms with Crippen LogP contribution in [0.3, 0.4) is 0 Å². The van der Waals surface area contributed by atoms with E-state index in [1.54, 1.807) is 0 Å². The summed E-state index contributed by atoms with van der Waals surface area (Å²) in [6, 6.07) is 0. The molecule has 2 heteroatoms. The summed E-state index contributed by atoms with van der Waals surface area (Å²) in [5, 5.41) is 0. The van der Waals surface area contributed by atoms with Gasteiger partial charge in [0.25, 0.3) is 0 Å². The second-order valence-electron chi connectivity index (χ2n) is 6.01. The van der Waals surface area contributed by atoms with Crippen molar-refractivity contribution in [2.45, 2.75) is 60.8 Å². The zero-order valence-corrected chi connectivity index (χ0v) is 12.0. The Morgan fingerprint density at radius 1 is 1.19 bits per heavy atom. The number of hydrogen-bond donors (Lipinski definition) is 0. The van der Waals surface area contributed by atoms with Gasteiger partial charge >= 0.3 is 0 Å². The Kier molecular flexibility index (Phi) is 6.70. The second-order valence-corrected chi connectivity index (χ2v) is 6.01. The molecular formula is C14H29NO. The Labute approximate surface area is 101 Å². The first-order valence-corrected chi connectivity index (χ1v) is 6.60. The summed E-state index contributed by atoms with van der Waals surface area (Å²) in [4.78, 5) is 14.3. The van der Waals surface area contributed by atoms with Crippen molar-refractivity contribution in [3.8, 4) is 0 Å². The van der Waals surface area contributed by atoms with Crippen molar-refractivity contribution in [3.63, 3.8) is 0 Å². The van der Waals surface area contributed by atoms with E-state index in [2.05, 4.69) is 41.5 Å². The molecular weight excluding hydrogens is 198 g/mol. The topological polar surface area (TPSA) is 20.3 Å². The van der Waals surface area contributed by atoms with Gasteiger partial charge in [-0.15, -0.1) is 0 Å². The van der Waals surface area contributed by atoms with Crippen LogP contribution in [0.5, 0.6) is 0 Å². The number of rotatable bonds is 6. The highest BCUT2D eigenvalue weighted by atomic mass is 16.2. The zero-order chi connectivity index (χ0) is 12.8. The third-order valence-electron chi connectivity index (χ3n) is 2.61. The molecule has 96 valence electrons. The molecule has 0 spiro atoms. The summed E-state index contributed by atoms with van der Waals surface area (Å²) in [7, 11) is 0. The Morgan fingerprint density at radius 3 is 2.12 bits per heavy atom. The number of carbonyl (C=O) groups excluding carboxylic acids is 1. The number of carbonyl (C=O) groups is 1. The first-order chi connectivity index (χ1) is 7.31. The molecule has 0 aromatic carbocycles. The summed E-state index contributed by atoms with van der Waals surface area (Å²) in [5.74, 6) is 0.512. The molecule has 0 aliphatic carbocycles. The quantitative estimate of drug-likeness (QED) is 0.677. The van der Waals surface area contributed by atoms with Crippen LogP contribution >= 0.6 is 0 Å². The lowest BCUT2D eigenvalue weighted by molar-refractivity contribution is -0.136. The molecule has 0 aromatic heterocycles.